The highest BCUT2D eigenvalue weighted by Gasteiger charge is 2.43. The summed E-state index contributed by atoms with van der Waals surface area (Å²) in [7, 11) is 0. The van der Waals surface area contributed by atoms with Gasteiger partial charge in [-0.1, -0.05) is 25.1 Å². The van der Waals surface area contributed by atoms with Crippen LogP contribution in [0.2, 0.25) is 0 Å². The SMILES string of the molecule is CCOC(=O)c1cc(NC(=O)C2(c3ccccc3F)CCOCC2)ccc1O[C@@H](C)CC. The van der Waals surface area contributed by atoms with Gasteiger partial charge in [-0.25, -0.2) is 9.18 Å². The van der Waals surface area contributed by atoms with E-state index in [1.807, 2.05) is 13.8 Å². The molecule has 1 heterocycles. The van der Waals surface area contributed by atoms with Gasteiger partial charge in [-0.2, -0.15) is 0 Å². The standard InChI is InChI=1S/C25H30FNO5/c1-4-17(3)32-22-11-10-18(16-19(22)23(28)31-5-2)27-24(29)25(12-14-30-15-13-25)20-8-6-7-9-21(20)26/h6-11,16-17H,4-5,12-15H2,1-3H3,(H,27,29)/t17-/m0/s1. The Kier molecular flexibility index (Phi) is 7.85. The summed E-state index contributed by atoms with van der Waals surface area (Å²) in [6.45, 7) is 6.55. The molecule has 32 heavy (non-hydrogen) atoms. The summed E-state index contributed by atoms with van der Waals surface area (Å²) in [5.41, 5.74) is -0.0590. The molecule has 1 N–H and O–H groups in total. The largest absolute Gasteiger partial charge is 0.490 e. The lowest BCUT2D eigenvalue weighted by atomic mass is 9.73. The third kappa shape index (κ3) is 5.10. The highest BCUT2D eigenvalue weighted by molar-refractivity contribution is 6.01. The number of rotatable bonds is 8. The van der Waals surface area contributed by atoms with Crippen LogP contribution < -0.4 is 10.1 Å². The average Bonchev–Trinajstić information content (AvgIpc) is 2.80. The van der Waals surface area contributed by atoms with E-state index in [4.69, 9.17) is 14.2 Å². The molecule has 1 atom stereocenters. The van der Waals surface area contributed by atoms with Gasteiger partial charge in [0.2, 0.25) is 5.91 Å². The molecule has 1 aliphatic rings. The molecular weight excluding hydrogens is 413 g/mol. The van der Waals surface area contributed by atoms with E-state index in [0.29, 0.717) is 43.1 Å². The molecule has 2 aromatic carbocycles. The first-order chi connectivity index (χ1) is 15.4. The maximum atomic E-state index is 14.7. The number of carbonyl (C=O) groups is 2. The lowest BCUT2D eigenvalue weighted by Gasteiger charge is -2.36. The number of nitrogens with one attached hydrogen (secondary N) is 1. The Labute approximate surface area is 188 Å². The minimum Gasteiger partial charge on any atom is -0.490 e. The molecule has 3 rings (SSSR count). The quantitative estimate of drug-likeness (QED) is 0.590. The Balaban J connectivity index is 1.93. The monoisotopic (exact) mass is 443 g/mol. The van der Waals surface area contributed by atoms with Gasteiger partial charge in [0.25, 0.3) is 0 Å². The van der Waals surface area contributed by atoms with Gasteiger partial charge in [0.15, 0.2) is 0 Å². The zero-order chi connectivity index (χ0) is 23.1. The minimum absolute atomic E-state index is 0.0878. The molecule has 1 fully saturated rings. The molecule has 0 radical (unpaired) electrons. The normalized spacial score (nSPS) is 16.1. The van der Waals surface area contributed by atoms with Crippen LogP contribution >= 0.6 is 0 Å². The van der Waals surface area contributed by atoms with Crippen LogP contribution in [0.5, 0.6) is 5.75 Å². The highest BCUT2D eigenvalue weighted by Crippen LogP contribution is 2.38. The number of hydrogen-bond donors (Lipinski definition) is 1. The molecule has 0 unspecified atom stereocenters. The Morgan fingerprint density at radius 3 is 2.53 bits per heavy atom. The third-order valence-electron chi connectivity index (χ3n) is 5.81. The third-order valence-corrected chi connectivity index (χ3v) is 5.81. The van der Waals surface area contributed by atoms with Gasteiger partial charge in [-0.05, 0) is 57.4 Å². The lowest BCUT2D eigenvalue weighted by Crippen LogP contribution is -2.45. The van der Waals surface area contributed by atoms with Gasteiger partial charge in [0, 0.05) is 24.5 Å². The Morgan fingerprint density at radius 2 is 1.88 bits per heavy atom. The number of carbonyl (C=O) groups excluding carboxylic acids is 2. The van der Waals surface area contributed by atoms with Crippen molar-refractivity contribution < 1.29 is 28.2 Å². The molecule has 0 saturated carbocycles. The maximum Gasteiger partial charge on any atom is 0.341 e. The molecule has 172 valence electrons. The first-order valence-corrected chi connectivity index (χ1v) is 11.0. The number of esters is 1. The number of hydrogen-bond acceptors (Lipinski definition) is 5. The Morgan fingerprint density at radius 1 is 1.16 bits per heavy atom. The fraction of sp³-hybridized carbons (Fsp3) is 0.440. The second-order valence-corrected chi connectivity index (χ2v) is 7.90. The average molecular weight is 444 g/mol. The van der Waals surface area contributed by atoms with Crippen molar-refractivity contribution in [2.45, 2.75) is 51.6 Å². The number of anilines is 1. The number of halogens is 1. The topological polar surface area (TPSA) is 73.9 Å². The predicted octanol–water partition coefficient (Wildman–Crippen LogP) is 4.87. The van der Waals surface area contributed by atoms with E-state index in [2.05, 4.69) is 5.32 Å². The number of amides is 1. The molecule has 7 heteroatoms. The van der Waals surface area contributed by atoms with Crippen molar-refractivity contribution in [2.24, 2.45) is 0 Å². The smallest absolute Gasteiger partial charge is 0.341 e. The van der Waals surface area contributed by atoms with E-state index in [0.717, 1.165) is 6.42 Å². The van der Waals surface area contributed by atoms with E-state index >= 15 is 0 Å². The summed E-state index contributed by atoms with van der Waals surface area (Å²) in [6, 6.07) is 11.2. The van der Waals surface area contributed by atoms with Crippen molar-refractivity contribution >= 4 is 17.6 Å². The molecule has 1 saturated heterocycles. The fourth-order valence-electron chi connectivity index (χ4n) is 3.82. The van der Waals surface area contributed by atoms with Crippen LogP contribution in [-0.2, 0) is 19.7 Å². The van der Waals surface area contributed by atoms with Crippen molar-refractivity contribution in [3.8, 4) is 5.75 Å². The Hall–Kier alpha value is -2.93. The summed E-state index contributed by atoms with van der Waals surface area (Å²) < 4.78 is 31.2. The number of ether oxygens (including phenoxy) is 3. The van der Waals surface area contributed by atoms with Crippen LogP contribution in [0.1, 0.15) is 56.0 Å². The summed E-state index contributed by atoms with van der Waals surface area (Å²) in [5.74, 6) is -0.896. The van der Waals surface area contributed by atoms with Crippen molar-refractivity contribution in [3.63, 3.8) is 0 Å². The fourth-order valence-corrected chi connectivity index (χ4v) is 3.82. The van der Waals surface area contributed by atoms with Crippen molar-refractivity contribution in [3.05, 3.63) is 59.4 Å². The zero-order valence-electron chi connectivity index (χ0n) is 18.8. The molecule has 0 aromatic heterocycles. The first kappa shape index (κ1) is 23.7. The van der Waals surface area contributed by atoms with Crippen molar-refractivity contribution in [1.29, 1.82) is 0 Å². The van der Waals surface area contributed by atoms with E-state index in [1.165, 1.54) is 6.07 Å². The van der Waals surface area contributed by atoms with Crippen LogP contribution in [-0.4, -0.2) is 37.8 Å². The molecule has 0 bridgehead atoms. The number of benzene rings is 2. The van der Waals surface area contributed by atoms with Gasteiger partial charge in [-0.15, -0.1) is 0 Å². The summed E-state index contributed by atoms with van der Waals surface area (Å²) in [5, 5.41) is 2.89. The van der Waals surface area contributed by atoms with E-state index in [-0.39, 0.29) is 24.2 Å². The maximum absolute atomic E-state index is 14.7. The van der Waals surface area contributed by atoms with Crippen LogP contribution in [0.4, 0.5) is 10.1 Å². The van der Waals surface area contributed by atoms with Gasteiger partial charge < -0.3 is 19.5 Å². The molecule has 1 amide bonds. The summed E-state index contributed by atoms with van der Waals surface area (Å²) in [4.78, 5) is 26.0. The first-order valence-electron chi connectivity index (χ1n) is 11.0. The van der Waals surface area contributed by atoms with Gasteiger partial charge in [0.05, 0.1) is 18.1 Å². The summed E-state index contributed by atoms with van der Waals surface area (Å²) >= 11 is 0. The van der Waals surface area contributed by atoms with Crippen LogP contribution in [0, 0.1) is 5.82 Å². The predicted molar refractivity (Wildman–Crippen MR) is 120 cm³/mol. The Bertz CT molecular complexity index is 955. The lowest BCUT2D eigenvalue weighted by molar-refractivity contribution is -0.125. The molecule has 0 spiro atoms. The van der Waals surface area contributed by atoms with E-state index < -0.39 is 17.2 Å². The summed E-state index contributed by atoms with van der Waals surface area (Å²) in [6.07, 6.45) is 1.41. The van der Waals surface area contributed by atoms with Crippen LogP contribution in [0.3, 0.4) is 0 Å². The van der Waals surface area contributed by atoms with Crippen molar-refractivity contribution in [2.75, 3.05) is 25.1 Å². The van der Waals surface area contributed by atoms with Crippen molar-refractivity contribution in [1.82, 2.24) is 0 Å². The van der Waals surface area contributed by atoms with E-state index in [1.54, 1.807) is 43.3 Å². The molecule has 1 aliphatic heterocycles. The van der Waals surface area contributed by atoms with Gasteiger partial charge in [0.1, 0.15) is 17.1 Å². The van der Waals surface area contributed by atoms with Crippen LogP contribution in [0.15, 0.2) is 42.5 Å². The molecule has 2 aromatic rings. The second kappa shape index (κ2) is 10.6. The van der Waals surface area contributed by atoms with Gasteiger partial charge >= 0.3 is 5.97 Å². The molecule has 0 aliphatic carbocycles. The van der Waals surface area contributed by atoms with Crippen LogP contribution in [0.25, 0.3) is 0 Å². The van der Waals surface area contributed by atoms with E-state index in [9.17, 15) is 14.0 Å². The molecular formula is C25H30FNO5. The highest BCUT2D eigenvalue weighted by atomic mass is 19.1. The zero-order valence-corrected chi connectivity index (χ0v) is 18.8. The van der Waals surface area contributed by atoms with Gasteiger partial charge in [-0.3, -0.25) is 4.79 Å². The second-order valence-electron chi connectivity index (χ2n) is 7.90. The molecule has 6 nitrogen and oxygen atoms in total. The minimum atomic E-state index is -1.06.